The monoisotopic (exact) mass is 352 g/mol. The number of hydrazine groups is 1. The Morgan fingerprint density at radius 3 is 2.23 bits per heavy atom. The first-order valence-electron chi connectivity index (χ1n) is 8.50. The summed E-state index contributed by atoms with van der Waals surface area (Å²) in [5, 5.41) is 11.9. The van der Waals surface area contributed by atoms with Crippen molar-refractivity contribution < 1.29 is 19.5 Å². The second kappa shape index (κ2) is 7.82. The van der Waals surface area contributed by atoms with E-state index in [0.29, 0.717) is 18.5 Å². The number of hydrogen-bond donors (Lipinski definition) is 1. The molecule has 1 N–H and O–H groups in total. The van der Waals surface area contributed by atoms with Crippen LogP contribution in [0, 0.1) is 5.92 Å². The van der Waals surface area contributed by atoms with E-state index in [1.165, 1.54) is 10.0 Å². The van der Waals surface area contributed by atoms with Gasteiger partial charge in [-0.2, -0.15) is 0 Å². The van der Waals surface area contributed by atoms with E-state index in [-0.39, 0.29) is 24.8 Å². The number of carboxylic acids is 1. The number of amides is 2. The Hall–Kier alpha value is -3.15. The molecule has 1 fully saturated rings. The van der Waals surface area contributed by atoms with Gasteiger partial charge in [-0.15, -0.1) is 0 Å². The molecule has 0 bridgehead atoms. The average Bonchev–Trinajstić information content (AvgIpc) is 3.05. The fraction of sp³-hybridized carbons (Fsp3) is 0.250. The van der Waals surface area contributed by atoms with Gasteiger partial charge in [0, 0.05) is 18.5 Å². The lowest BCUT2D eigenvalue weighted by Gasteiger charge is -2.32. The molecule has 0 aliphatic carbocycles. The van der Waals surface area contributed by atoms with Crippen LogP contribution in [0.3, 0.4) is 0 Å². The van der Waals surface area contributed by atoms with Gasteiger partial charge in [0.25, 0.3) is 5.91 Å². The van der Waals surface area contributed by atoms with Crippen molar-refractivity contribution in [3.05, 3.63) is 71.8 Å². The molecule has 2 aromatic carbocycles. The molecular weight excluding hydrogens is 332 g/mol. The van der Waals surface area contributed by atoms with E-state index in [2.05, 4.69) is 0 Å². The van der Waals surface area contributed by atoms with Gasteiger partial charge < -0.3 is 5.11 Å². The first kappa shape index (κ1) is 17.7. The number of hydrogen-bond acceptors (Lipinski definition) is 3. The molecule has 1 aliphatic heterocycles. The number of carboxylic acid groups (broad SMARTS) is 1. The predicted molar refractivity (Wildman–Crippen MR) is 95.1 cm³/mol. The highest BCUT2D eigenvalue weighted by Crippen LogP contribution is 2.22. The first-order chi connectivity index (χ1) is 12.6. The van der Waals surface area contributed by atoms with Crippen molar-refractivity contribution in [2.24, 2.45) is 5.92 Å². The third kappa shape index (κ3) is 3.91. The summed E-state index contributed by atoms with van der Waals surface area (Å²) in [7, 11) is 0. The third-order valence-electron chi connectivity index (χ3n) is 4.45. The minimum atomic E-state index is -1.02. The van der Waals surface area contributed by atoms with E-state index in [1.54, 1.807) is 24.3 Å². The van der Waals surface area contributed by atoms with Gasteiger partial charge in [-0.25, -0.2) is 5.01 Å². The number of benzene rings is 2. The molecule has 6 heteroatoms. The van der Waals surface area contributed by atoms with Gasteiger partial charge in [0.15, 0.2) is 0 Å². The second-order valence-corrected chi connectivity index (χ2v) is 6.25. The number of carbonyl (C=O) groups is 3. The SMILES string of the molecule is O=C(O)C1CC(=O)N(N(CCc2ccccc2)C(=O)c2ccccc2)C1. The minimum absolute atomic E-state index is 0.0154. The van der Waals surface area contributed by atoms with Crippen LogP contribution < -0.4 is 0 Å². The molecular formula is C20H20N2O4. The molecule has 1 unspecified atom stereocenters. The highest BCUT2D eigenvalue weighted by Gasteiger charge is 2.39. The third-order valence-corrected chi connectivity index (χ3v) is 4.45. The summed E-state index contributed by atoms with van der Waals surface area (Å²) in [5.74, 6) is -2.45. The Morgan fingerprint density at radius 1 is 1.04 bits per heavy atom. The molecule has 1 atom stereocenters. The molecule has 0 saturated carbocycles. The highest BCUT2D eigenvalue weighted by molar-refractivity contribution is 5.96. The molecule has 0 aromatic heterocycles. The Kier molecular flexibility index (Phi) is 5.31. The number of nitrogens with zero attached hydrogens (tertiary/aromatic N) is 2. The van der Waals surface area contributed by atoms with E-state index < -0.39 is 11.9 Å². The molecule has 0 spiro atoms. The molecule has 1 saturated heterocycles. The summed E-state index contributed by atoms with van der Waals surface area (Å²) < 4.78 is 0. The zero-order valence-corrected chi connectivity index (χ0v) is 14.2. The molecule has 26 heavy (non-hydrogen) atoms. The van der Waals surface area contributed by atoms with Gasteiger partial charge in [0.1, 0.15) is 0 Å². The molecule has 2 amide bonds. The predicted octanol–water partition coefficient (Wildman–Crippen LogP) is 2.22. The summed E-state index contributed by atoms with van der Waals surface area (Å²) in [6, 6.07) is 18.4. The van der Waals surface area contributed by atoms with Crippen LogP contribution >= 0.6 is 0 Å². The van der Waals surface area contributed by atoms with E-state index in [4.69, 9.17) is 0 Å². The standard InChI is InChI=1S/C20H20N2O4/c23-18-13-17(20(25)26)14-22(18)21(12-11-15-7-3-1-4-8-15)19(24)16-9-5-2-6-10-16/h1-10,17H,11-14H2,(H,25,26). The van der Waals surface area contributed by atoms with Crippen LogP contribution in [0.25, 0.3) is 0 Å². The van der Waals surface area contributed by atoms with Gasteiger partial charge in [0.05, 0.1) is 12.5 Å². The topological polar surface area (TPSA) is 77.9 Å². The van der Waals surface area contributed by atoms with Crippen molar-refractivity contribution >= 4 is 17.8 Å². The average molecular weight is 352 g/mol. The summed E-state index contributed by atoms with van der Waals surface area (Å²) in [6.45, 7) is 0.317. The number of rotatable bonds is 6. The van der Waals surface area contributed by atoms with E-state index >= 15 is 0 Å². The van der Waals surface area contributed by atoms with Crippen LogP contribution in [0.4, 0.5) is 0 Å². The van der Waals surface area contributed by atoms with Crippen LogP contribution in [0.2, 0.25) is 0 Å². The second-order valence-electron chi connectivity index (χ2n) is 6.25. The van der Waals surface area contributed by atoms with Crippen LogP contribution in [0.15, 0.2) is 60.7 Å². The Labute approximate surface area is 151 Å². The van der Waals surface area contributed by atoms with Crippen molar-refractivity contribution in [1.82, 2.24) is 10.0 Å². The van der Waals surface area contributed by atoms with Gasteiger partial charge >= 0.3 is 5.97 Å². The van der Waals surface area contributed by atoms with Crippen LogP contribution in [-0.4, -0.2) is 46.0 Å². The van der Waals surface area contributed by atoms with Crippen LogP contribution in [0.1, 0.15) is 22.3 Å². The van der Waals surface area contributed by atoms with Crippen LogP contribution in [0.5, 0.6) is 0 Å². The Bertz CT molecular complexity index is 792. The largest absolute Gasteiger partial charge is 0.481 e. The van der Waals surface area contributed by atoms with E-state index in [0.717, 1.165) is 5.56 Å². The fourth-order valence-corrected chi connectivity index (χ4v) is 3.03. The zero-order chi connectivity index (χ0) is 18.5. The van der Waals surface area contributed by atoms with Crippen LogP contribution in [-0.2, 0) is 16.0 Å². The first-order valence-corrected chi connectivity index (χ1v) is 8.50. The highest BCUT2D eigenvalue weighted by atomic mass is 16.4. The molecule has 134 valence electrons. The van der Waals surface area contributed by atoms with Gasteiger partial charge in [-0.05, 0) is 24.1 Å². The van der Waals surface area contributed by atoms with Gasteiger partial charge in [-0.1, -0.05) is 48.5 Å². The van der Waals surface area contributed by atoms with Gasteiger partial charge in [0.2, 0.25) is 5.91 Å². The Balaban J connectivity index is 1.82. The minimum Gasteiger partial charge on any atom is -0.481 e. The molecule has 1 aliphatic rings. The maximum Gasteiger partial charge on any atom is 0.308 e. The summed E-state index contributed by atoms with van der Waals surface area (Å²) >= 11 is 0. The molecule has 0 radical (unpaired) electrons. The lowest BCUT2D eigenvalue weighted by atomic mass is 10.1. The number of aliphatic carboxylic acids is 1. The fourth-order valence-electron chi connectivity index (χ4n) is 3.03. The maximum absolute atomic E-state index is 13.0. The zero-order valence-electron chi connectivity index (χ0n) is 14.2. The lowest BCUT2D eigenvalue weighted by molar-refractivity contribution is -0.141. The van der Waals surface area contributed by atoms with E-state index in [9.17, 15) is 19.5 Å². The quantitative estimate of drug-likeness (QED) is 0.865. The molecule has 1 heterocycles. The van der Waals surface area contributed by atoms with E-state index in [1.807, 2.05) is 36.4 Å². The molecule has 6 nitrogen and oxygen atoms in total. The van der Waals surface area contributed by atoms with Crippen molar-refractivity contribution in [3.63, 3.8) is 0 Å². The van der Waals surface area contributed by atoms with Crippen molar-refractivity contribution in [1.29, 1.82) is 0 Å². The molecule has 2 aromatic rings. The molecule has 3 rings (SSSR count). The maximum atomic E-state index is 13.0. The smallest absolute Gasteiger partial charge is 0.308 e. The van der Waals surface area contributed by atoms with Gasteiger partial charge in [-0.3, -0.25) is 19.4 Å². The number of carbonyl (C=O) groups excluding carboxylic acids is 2. The van der Waals surface area contributed by atoms with Crippen molar-refractivity contribution in [3.8, 4) is 0 Å². The summed E-state index contributed by atoms with van der Waals surface area (Å²) in [6.07, 6.45) is 0.486. The lowest BCUT2D eigenvalue weighted by Crippen LogP contribution is -2.48. The normalized spacial score (nSPS) is 16.5. The van der Waals surface area contributed by atoms with Crippen molar-refractivity contribution in [2.75, 3.05) is 13.1 Å². The summed E-state index contributed by atoms with van der Waals surface area (Å²) in [5.41, 5.74) is 1.51. The van der Waals surface area contributed by atoms with Crippen molar-refractivity contribution in [2.45, 2.75) is 12.8 Å². The summed E-state index contributed by atoms with van der Waals surface area (Å²) in [4.78, 5) is 36.6. The Morgan fingerprint density at radius 2 is 1.65 bits per heavy atom.